The van der Waals surface area contributed by atoms with Crippen LogP contribution in [0.25, 0.3) is 10.9 Å². The maximum absolute atomic E-state index is 11.0. The van der Waals surface area contributed by atoms with Crippen LogP contribution in [-0.4, -0.2) is 26.7 Å². The van der Waals surface area contributed by atoms with Crippen LogP contribution in [0.15, 0.2) is 18.2 Å². The van der Waals surface area contributed by atoms with Crippen LogP contribution in [0.5, 0.6) is 0 Å². The Kier molecular flexibility index (Phi) is 3.68. The number of nitro groups is 1. The molecule has 2 aromatic rings. The van der Waals surface area contributed by atoms with Crippen LogP contribution in [-0.2, 0) is 0 Å². The summed E-state index contributed by atoms with van der Waals surface area (Å²) < 4.78 is 0. The highest BCUT2D eigenvalue weighted by molar-refractivity contribution is 5.98. The van der Waals surface area contributed by atoms with E-state index in [1.807, 2.05) is 6.92 Å². The first-order valence-corrected chi connectivity index (χ1v) is 5.94. The molecule has 0 spiro atoms. The van der Waals surface area contributed by atoms with E-state index in [4.69, 9.17) is 10.2 Å². The molecule has 0 fully saturated rings. The van der Waals surface area contributed by atoms with Gasteiger partial charge in [-0.3, -0.25) is 10.1 Å². The number of benzene rings is 1. The molecule has 7 heteroatoms. The molecule has 0 saturated carbocycles. The second-order valence-corrected chi connectivity index (χ2v) is 4.20. The van der Waals surface area contributed by atoms with Gasteiger partial charge in [-0.25, -0.2) is 0 Å². The predicted octanol–water partition coefficient (Wildman–Crippen LogP) is 1.88. The third-order valence-electron chi connectivity index (χ3n) is 2.83. The van der Waals surface area contributed by atoms with Gasteiger partial charge in [-0.1, -0.05) is 6.92 Å². The Labute approximate surface area is 109 Å². The van der Waals surface area contributed by atoms with E-state index in [9.17, 15) is 10.1 Å². The monoisotopic (exact) mass is 265 g/mol. The van der Waals surface area contributed by atoms with Crippen molar-refractivity contribution < 1.29 is 15.1 Å². The number of aliphatic hydroxyl groups excluding tert-OH is 1. The number of aliphatic hydroxyl groups is 2. The van der Waals surface area contributed by atoms with Crippen molar-refractivity contribution in [3.05, 3.63) is 34.0 Å². The molecule has 19 heavy (non-hydrogen) atoms. The van der Waals surface area contributed by atoms with Crippen molar-refractivity contribution in [2.45, 2.75) is 19.6 Å². The van der Waals surface area contributed by atoms with Crippen molar-refractivity contribution in [2.75, 3.05) is 11.9 Å². The minimum Gasteiger partial charge on any atom is -0.385 e. The van der Waals surface area contributed by atoms with Gasteiger partial charge in [-0.15, -0.1) is 0 Å². The Morgan fingerprint density at radius 1 is 1.47 bits per heavy atom. The third-order valence-corrected chi connectivity index (χ3v) is 2.83. The largest absolute Gasteiger partial charge is 0.385 e. The Hall–Kier alpha value is -2.12. The molecule has 0 radical (unpaired) electrons. The zero-order valence-corrected chi connectivity index (χ0v) is 10.4. The zero-order valence-electron chi connectivity index (χ0n) is 10.4. The molecular formula is C12H15N3O4. The van der Waals surface area contributed by atoms with Crippen LogP contribution in [0.3, 0.4) is 0 Å². The number of anilines is 1. The number of non-ortho nitro benzene ring substituents is 1. The molecule has 0 bridgehead atoms. The smallest absolute Gasteiger partial charge is 0.293 e. The molecule has 1 aromatic heterocycles. The van der Waals surface area contributed by atoms with Gasteiger partial charge in [0.25, 0.3) is 5.69 Å². The lowest BCUT2D eigenvalue weighted by molar-refractivity contribution is -0.383. The quantitative estimate of drug-likeness (QED) is 0.374. The molecule has 7 nitrogen and oxygen atoms in total. The highest BCUT2D eigenvalue weighted by Crippen LogP contribution is 2.33. The van der Waals surface area contributed by atoms with Gasteiger partial charge in [0.1, 0.15) is 5.52 Å². The van der Waals surface area contributed by atoms with E-state index in [1.54, 1.807) is 6.07 Å². The van der Waals surface area contributed by atoms with Gasteiger partial charge in [-0.05, 0) is 18.6 Å². The van der Waals surface area contributed by atoms with E-state index < -0.39 is 11.2 Å². The van der Waals surface area contributed by atoms with Crippen LogP contribution < -0.4 is 5.32 Å². The molecule has 4 N–H and O–H groups in total. The molecule has 0 amide bonds. The summed E-state index contributed by atoms with van der Waals surface area (Å²) in [4.78, 5) is 13.1. The molecule has 2 rings (SSSR count). The second kappa shape index (κ2) is 5.25. The van der Waals surface area contributed by atoms with Gasteiger partial charge < -0.3 is 20.5 Å². The number of nitrogens with one attached hydrogen (secondary N) is 2. The molecule has 0 atom stereocenters. The van der Waals surface area contributed by atoms with E-state index in [-0.39, 0.29) is 16.9 Å². The van der Waals surface area contributed by atoms with E-state index in [0.717, 1.165) is 18.7 Å². The highest BCUT2D eigenvalue weighted by Gasteiger charge is 2.18. The molecule has 1 aromatic carbocycles. The fraction of sp³-hybridized carbons (Fsp3) is 0.333. The van der Waals surface area contributed by atoms with Crippen LogP contribution in [0.1, 0.15) is 25.3 Å². The average molecular weight is 265 g/mol. The van der Waals surface area contributed by atoms with Crippen molar-refractivity contribution in [3.63, 3.8) is 0 Å². The minimum atomic E-state index is -1.69. The molecule has 0 saturated heterocycles. The summed E-state index contributed by atoms with van der Waals surface area (Å²) in [7, 11) is 0. The molecule has 0 aliphatic rings. The van der Waals surface area contributed by atoms with Crippen molar-refractivity contribution in [1.82, 2.24) is 4.98 Å². The van der Waals surface area contributed by atoms with Crippen LogP contribution in [0.4, 0.5) is 11.4 Å². The first kappa shape index (κ1) is 13.3. The van der Waals surface area contributed by atoms with Gasteiger partial charge in [0.15, 0.2) is 6.29 Å². The van der Waals surface area contributed by atoms with Crippen molar-refractivity contribution in [2.24, 2.45) is 0 Å². The number of aromatic amines is 1. The summed E-state index contributed by atoms with van der Waals surface area (Å²) in [6.45, 7) is 2.74. The second-order valence-electron chi connectivity index (χ2n) is 4.20. The molecule has 0 unspecified atom stereocenters. The summed E-state index contributed by atoms with van der Waals surface area (Å²) in [5, 5.41) is 33.0. The van der Waals surface area contributed by atoms with E-state index in [2.05, 4.69) is 10.3 Å². The number of aromatic nitrogens is 1. The van der Waals surface area contributed by atoms with E-state index in [0.29, 0.717) is 5.39 Å². The highest BCUT2D eigenvalue weighted by atomic mass is 16.6. The fourth-order valence-electron chi connectivity index (χ4n) is 1.93. The minimum absolute atomic E-state index is 0.0936. The molecule has 1 heterocycles. The normalized spacial score (nSPS) is 11.2. The predicted molar refractivity (Wildman–Crippen MR) is 70.9 cm³/mol. The first-order valence-electron chi connectivity index (χ1n) is 5.94. The maximum atomic E-state index is 11.0. The number of hydrogen-bond acceptors (Lipinski definition) is 5. The fourth-order valence-corrected chi connectivity index (χ4v) is 1.93. The van der Waals surface area contributed by atoms with Crippen LogP contribution in [0, 0.1) is 10.1 Å². The summed E-state index contributed by atoms with van der Waals surface area (Å²) in [6, 6.07) is 4.52. The zero-order chi connectivity index (χ0) is 14.0. The Morgan fingerprint density at radius 3 is 2.79 bits per heavy atom. The number of rotatable bonds is 5. The lowest BCUT2D eigenvalue weighted by atomic mass is 10.2. The number of nitro benzene ring substituents is 1. The SMILES string of the molecule is CCCNc1ccc([N+](=O)[O-])c2[nH]c(C(O)O)cc12. The lowest BCUT2D eigenvalue weighted by Gasteiger charge is -2.06. The third kappa shape index (κ3) is 2.51. The van der Waals surface area contributed by atoms with Crippen molar-refractivity contribution in [3.8, 4) is 0 Å². The number of H-pyrrole nitrogens is 1. The molecule has 0 aliphatic heterocycles. The summed E-state index contributed by atoms with van der Waals surface area (Å²) >= 11 is 0. The molecular weight excluding hydrogens is 250 g/mol. The topological polar surface area (TPSA) is 111 Å². The Balaban J connectivity index is 2.60. The Morgan fingerprint density at radius 2 is 2.21 bits per heavy atom. The molecule has 102 valence electrons. The standard InChI is InChI=1S/C12H15N3O4/c1-2-5-13-8-3-4-10(15(18)19)11-7(8)6-9(14-11)12(16)17/h3-4,6,12-14,16-17H,2,5H2,1H3. The van der Waals surface area contributed by atoms with Gasteiger partial charge >= 0.3 is 0 Å². The average Bonchev–Trinajstić information content (AvgIpc) is 2.80. The van der Waals surface area contributed by atoms with Crippen molar-refractivity contribution >= 4 is 22.3 Å². The summed E-state index contributed by atoms with van der Waals surface area (Å²) in [6.07, 6.45) is -0.774. The van der Waals surface area contributed by atoms with Crippen molar-refractivity contribution in [1.29, 1.82) is 0 Å². The number of fused-ring (bicyclic) bond motifs is 1. The molecule has 0 aliphatic carbocycles. The number of nitrogens with zero attached hydrogens (tertiary/aromatic N) is 1. The first-order chi connectivity index (χ1) is 9.04. The van der Waals surface area contributed by atoms with Gasteiger partial charge in [0, 0.05) is 23.7 Å². The van der Waals surface area contributed by atoms with Crippen LogP contribution >= 0.6 is 0 Å². The number of hydrogen-bond donors (Lipinski definition) is 4. The van der Waals surface area contributed by atoms with E-state index >= 15 is 0 Å². The van der Waals surface area contributed by atoms with E-state index in [1.165, 1.54) is 12.1 Å². The maximum Gasteiger partial charge on any atom is 0.293 e. The van der Waals surface area contributed by atoms with Gasteiger partial charge in [0.05, 0.1) is 10.6 Å². The van der Waals surface area contributed by atoms with Crippen LogP contribution in [0.2, 0.25) is 0 Å². The van der Waals surface area contributed by atoms with Gasteiger partial charge in [-0.2, -0.15) is 0 Å². The summed E-state index contributed by atoms with van der Waals surface area (Å²) in [5.41, 5.74) is 1.05. The van der Waals surface area contributed by atoms with Gasteiger partial charge in [0.2, 0.25) is 0 Å². The Bertz CT molecular complexity index is 606. The summed E-state index contributed by atoms with van der Waals surface area (Å²) in [5.74, 6) is 0. The lowest BCUT2D eigenvalue weighted by Crippen LogP contribution is -2.00.